The molecule has 49 heavy (non-hydrogen) atoms. The van der Waals surface area contributed by atoms with Gasteiger partial charge in [0.25, 0.3) is 5.56 Å². The zero-order valence-corrected chi connectivity index (χ0v) is 28.1. The topological polar surface area (TPSA) is 198 Å². The van der Waals surface area contributed by atoms with E-state index in [0.29, 0.717) is 28.8 Å². The first-order valence-corrected chi connectivity index (χ1v) is 16.2. The third-order valence-corrected chi connectivity index (χ3v) is 8.33. The third kappa shape index (κ3) is 8.83. The van der Waals surface area contributed by atoms with Gasteiger partial charge in [-0.3, -0.25) is 9.59 Å². The summed E-state index contributed by atoms with van der Waals surface area (Å²) in [6.45, 7) is 1.86. The van der Waals surface area contributed by atoms with Gasteiger partial charge in [0.1, 0.15) is 24.4 Å². The van der Waals surface area contributed by atoms with E-state index in [1.807, 2.05) is 0 Å². The van der Waals surface area contributed by atoms with E-state index in [4.69, 9.17) is 23.7 Å². The van der Waals surface area contributed by atoms with Crippen molar-refractivity contribution in [3.8, 4) is 28.7 Å². The Hall–Kier alpha value is -4.34. The van der Waals surface area contributed by atoms with Gasteiger partial charge in [-0.05, 0) is 48.4 Å². The lowest BCUT2D eigenvalue weighted by molar-refractivity contribution is -0.277. The van der Waals surface area contributed by atoms with Gasteiger partial charge in [0.05, 0.1) is 33.0 Å². The maximum absolute atomic E-state index is 13.0. The number of nitrogens with zero attached hydrogens (tertiary/aromatic N) is 1. The highest BCUT2D eigenvalue weighted by molar-refractivity contribution is 6.03. The van der Waals surface area contributed by atoms with E-state index < -0.39 is 48.8 Å². The number of carbonyl (C=O) groups excluding carboxylic acids is 1. The highest BCUT2D eigenvalue weighted by Gasteiger charge is 2.45. The average Bonchev–Trinajstić information content (AvgIpc) is 3.10. The number of aryl methyl sites for hydroxylation is 1. The molecule has 1 amide bonds. The van der Waals surface area contributed by atoms with Gasteiger partial charge in [0.15, 0.2) is 17.2 Å². The molecule has 0 spiro atoms. The van der Waals surface area contributed by atoms with Crippen LogP contribution in [0.4, 0.5) is 5.69 Å². The molecule has 4 rings (SSSR count). The summed E-state index contributed by atoms with van der Waals surface area (Å²) >= 11 is 0. The summed E-state index contributed by atoms with van der Waals surface area (Å²) in [7, 11) is 4.30. The number of aliphatic hydroxyl groups excluding tert-OH is 4. The predicted octanol–water partition coefficient (Wildman–Crippen LogP) is 2.83. The zero-order chi connectivity index (χ0) is 35.7. The van der Waals surface area contributed by atoms with Crippen LogP contribution in [0.3, 0.4) is 0 Å². The van der Waals surface area contributed by atoms with Gasteiger partial charge in [0.2, 0.25) is 23.7 Å². The number of aliphatic hydroxyl groups is 4. The fourth-order valence-corrected chi connectivity index (χ4v) is 5.51. The van der Waals surface area contributed by atoms with Crippen LogP contribution >= 0.6 is 0 Å². The van der Waals surface area contributed by atoms with Crippen molar-refractivity contribution in [2.75, 3.05) is 32.8 Å². The van der Waals surface area contributed by atoms with Gasteiger partial charge in [-0.2, -0.15) is 0 Å². The molecule has 1 aliphatic rings. The number of hydrogen-bond donors (Lipinski definition) is 6. The van der Waals surface area contributed by atoms with Crippen LogP contribution in [-0.2, 0) is 16.6 Å². The third-order valence-electron chi connectivity index (χ3n) is 8.33. The number of ether oxygens (including phenoxy) is 5. The molecule has 2 aromatic carbocycles. The summed E-state index contributed by atoms with van der Waals surface area (Å²) in [6.07, 6.45) is 1.65. The van der Waals surface area contributed by atoms with Crippen LogP contribution in [-0.4, -0.2) is 94.1 Å². The first-order chi connectivity index (χ1) is 23.5. The van der Waals surface area contributed by atoms with E-state index in [1.54, 1.807) is 25.2 Å². The first kappa shape index (κ1) is 37.5. The number of fused-ring (bicyclic) bond motifs is 1. The van der Waals surface area contributed by atoms with Crippen LogP contribution < -0.4 is 29.8 Å². The van der Waals surface area contributed by atoms with E-state index in [2.05, 4.69) is 12.2 Å². The van der Waals surface area contributed by atoms with Crippen LogP contribution in [0.1, 0.15) is 51.0 Å². The normalized spacial score (nSPS) is 20.8. The lowest BCUT2D eigenvalue weighted by Gasteiger charge is -2.39. The Bertz CT molecular complexity index is 1650. The molecule has 6 N–H and O–H groups in total. The van der Waals surface area contributed by atoms with Crippen molar-refractivity contribution in [2.45, 2.75) is 76.2 Å². The number of hydrogen-bond acceptors (Lipinski definition) is 12. The maximum Gasteiger partial charge on any atom is 0.297 e. The van der Waals surface area contributed by atoms with Crippen LogP contribution in [0.25, 0.3) is 17.0 Å². The SMILES string of the molecule is CCCCCCCCOc1c(O)c2ccc(NC(=O)C=Cc3cc(OC)c(O[C@@H]4O[C@H](CO)[C@H](O)[C@H](O)[C@H]4O)c(OC)c3)cc2n(C)c1=O. The lowest BCUT2D eigenvalue weighted by atomic mass is 9.99. The Morgan fingerprint density at radius 1 is 0.959 bits per heavy atom. The predicted molar refractivity (Wildman–Crippen MR) is 181 cm³/mol. The number of methoxy groups -OCH3 is 2. The molecule has 1 aromatic heterocycles. The molecule has 0 aliphatic carbocycles. The molecule has 2 heterocycles. The van der Waals surface area contributed by atoms with Gasteiger partial charge in [0, 0.05) is 24.2 Å². The van der Waals surface area contributed by atoms with E-state index >= 15 is 0 Å². The van der Waals surface area contributed by atoms with Crippen LogP contribution in [0, 0.1) is 0 Å². The zero-order valence-electron chi connectivity index (χ0n) is 28.1. The van der Waals surface area contributed by atoms with Crippen molar-refractivity contribution in [3.05, 3.63) is 52.3 Å². The average molecular weight is 687 g/mol. The maximum atomic E-state index is 13.0. The first-order valence-electron chi connectivity index (χ1n) is 16.2. The molecule has 5 atom stereocenters. The minimum atomic E-state index is -1.65. The number of anilines is 1. The van der Waals surface area contributed by atoms with Crippen molar-refractivity contribution in [1.29, 1.82) is 0 Å². The fraction of sp³-hybridized carbons (Fsp3) is 0.486. The standard InChI is InChI=1S/C35H46N2O12/c1-5-6-7-8-9-10-15-47-33-28(40)22-13-12-21(18-23(22)37(2)34(33)44)36-27(39)14-11-20-16-24(45-3)32(25(17-20)46-4)49-35-31(43)30(42)29(41)26(19-38)48-35/h11-14,16-18,26,29-31,35,38,40-43H,5-10,15,19H2,1-4H3,(H,36,39)/t26-,29+,30+,31-,35+/m1/s1. The molecule has 1 saturated heterocycles. The monoisotopic (exact) mass is 686 g/mol. The van der Waals surface area contributed by atoms with Crippen LogP contribution in [0.2, 0.25) is 0 Å². The molecular weight excluding hydrogens is 640 g/mol. The Morgan fingerprint density at radius 2 is 1.63 bits per heavy atom. The summed E-state index contributed by atoms with van der Waals surface area (Å²) in [4.78, 5) is 25.9. The second kappa shape index (κ2) is 17.4. The number of nitrogens with one attached hydrogen (secondary N) is 1. The molecule has 0 saturated carbocycles. The second-order valence-electron chi connectivity index (χ2n) is 11.8. The van der Waals surface area contributed by atoms with E-state index in [0.717, 1.165) is 32.1 Å². The quantitative estimate of drug-likeness (QED) is 0.0953. The number of aromatic nitrogens is 1. The molecule has 268 valence electrons. The summed E-state index contributed by atoms with van der Waals surface area (Å²) in [6, 6.07) is 7.85. The number of unbranched alkanes of at least 4 members (excludes halogenated alkanes) is 5. The lowest BCUT2D eigenvalue weighted by Crippen LogP contribution is -2.60. The van der Waals surface area contributed by atoms with Crippen molar-refractivity contribution in [3.63, 3.8) is 0 Å². The Labute approximate surface area is 284 Å². The highest BCUT2D eigenvalue weighted by Crippen LogP contribution is 2.41. The molecule has 0 unspecified atom stereocenters. The van der Waals surface area contributed by atoms with Crippen molar-refractivity contribution >= 4 is 28.6 Å². The molecular formula is C35H46N2O12. The smallest absolute Gasteiger partial charge is 0.297 e. The van der Waals surface area contributed by atoms with Crippen LogP contribution in [0.15, 0.2) is 41.2 Å². The minimum absolute atomic E-state index is 0.0110. The van der Waals surface area contributed by atoms with E-state index in [-0.39, 0.29) is 28.7 Å². The fourth-order valence-electron chi connectivity index (χ4n) is 5.51. The highest BCUT2D eigenvalue weighted by atomic mass is 16.7. The number of pyridine rings is 1. The summed E-state index contributed by atoms with van der Waals surface area (Å²) in [5.41, 5.74) is 0.780. The molecule has 0 radical (unpaired) electrons. The molecule has 0 bridgehead atoms. The Balaban J connectivity index is 1.46. The number of carbonyl (C=O) groups is 1. The van der Waals surface area contributed by atoms with E-state index in [9.17, 15) is 35.1 Å². The summed E-state index contributed by atoms with van der Waals surface area (Å²) in [5.74, 6) is -0.546. The molecule has 3 aromatic rings. The number of benzene rings is 2. The number of rotatable bonds is 16. The Morgan fingerprint density at radius 3 is 2.29 bits per heavy atom. The summed E-state index contributed by atoms with van der Waals surface area (Å²) in [5, 5.41) is 54.1. The van der Waals surface area contributed by atoms with Gasteiger partial charge in [-0.15, -0.1) is 0 Å². The van der Waals surface area contributed by atoms with Crippen molar-refractivity contribution in [2.24, 2.45) is 7.05 Å². The number of amides is 1. The van der Waals surface area contributed by atoms with Crippen LogP contribution in [0.5, 0.6) is 28.7 Å². The Kier molecular flexibility index (Phi) is 13.3. The largest absolute Gasteiger partial charge is 0.504 e. The number of aromatic hydroxyl groups is 1. The van der Waals surface area contributed by atoms with Gasteiger partial charge >= 0.3 is 0 Å². The van der Waals surface area contributed by atoms with E-state index in [1.165, 1.54) is 49.5 Å². The second-order valence-corrected chi connectivity index (χ2v) is 11.8. The molecule has 1 fully saturated rings. The molecule has 14 nitrogen and oxygen atoms in total. The molecule has 1 aliphatic heterocycles. The van der Waals surface area contributed by atoms with Gasteiger partial charge in [-0.25, -0.2) is 0 Å². The minimum Gasteiger partial charge on any atom is -0.504 e. The van der Waals surface area contributed by atoms with Crippen molar-refractivity contribution < 1.29 is 54.0 Å². The van der Waals surface area contributed by atoms with Gasteiger partial charge < -0.3 is 59.1 Å². The summed E-state index contributed by atoms with van der Waals surface area (Å²) < 4.78 is 29.2. The van der Waals surface area contributed by atoms with Gasteiger partial charge in [-0.1, -0.05) is 39.0 Å². The molecule has 14 heteroatoms. The van der Waals surface area contributed by atoms with Crippen molar-refractivity contribution in [1.82, 2.24) is 4.57 Å².